The Bertz CT molecular complexity index is 898. The van der Waals surface area contributed by atoms with E-state index in [0.29, 0.717) is 5.56 Å². The predicted molar refractivity (Wildman–Crippen MR) is 93.7 cm³/mol. The molecule has 2 aromatic rings. The van der Waals surface area contributed by atoms with E-state index in [2.05, 4.69) is 4.74 Å². The Labute approximate surface area is 151 Å². The molecule has 9 heteroatoms. The summed E-state index contributed by atoms with van der Waals surface area (Å²) in [4.78, 5) is 22.0. The van der Waals surface area contributed by atoms with E-state index in [4.69, 9.17) is 0 Å². The van der Waals surface area contributed by atoms with Crippen LogP contribution in [0.25, 0.3) is 0 Å². The summed E-state index contributed by atoms with van der Waals surface area (Å²) < 4.78 is 31.8. The van der Waals surface area contributed by atoms with Gasteiger partial charge in [0.05, 0.1) is 12.0 Å². The maximum Gasteiger partial charge on any atom is 0.323 e. The average molecular weight is 378 g/mol. The molecule has 0 saturated carbocycles. The van der Waals surface area contributed by atoms with Crippen molar-refractivity contribution in [2.24, 2.45) is 0 Å². The lowest BCUT2D eigenvalue weighted by atomic mass is 10.2. The lowest BCUT2D eigenvalue weighted by Gasteiger charge is -2.26. The second kappa shape index (κ2) is 8.07. The van der Waals surface area contributed by atoms with Crippen LogP contribution in [-0.2, 0) is 26.1 Å². The van der Waals surface area contributed by atoms with Crippen LogP contribution in [0.1, 0.15) is 12.5 Å². The van der Waals surface area contributed by atoms with Crippen molar-refractivity contribution in [3.8, 4) is 0 Å². The van der Waals surface area contributed by atoms with Gasteiger partial charge in [-0.2, -0.15) is 4.31 Å². The topological polar surface area (TPSA) is 107 Å². The summed E-state index contributed by atoms with van der Waals surface area (Å²) in [6.45, 7) is 1.24. The zero-order valence-corrected chi connectivity index (χ0v) is 15.0. The third-order valence-electron chi connectivity index (χ3n) is 3.80. The number of nitro groups is 1. The van der Waals surface area contributed by atoms with Crippen LogP contribution in [0.4, 0.5) is 5.69 Å². The van der Waals surface area contributed by atoms with Crippen LogP contribution in [0.2, 0.25) is 0 Å². The van der Waals surface area contributed by atoms with Crippen molar-refractivity contribution in [1.82, 2.24) is 4.31 Å². The fourth-order valence-corrected chi connectivity index (χ4v) is 4.17. The van der Waals surface area contributed by atoms with Gasteiger partial charge in [0.15, 0.2) is 4.90 Å². The smallest absolute Gasteiger partial charge is 0.323 e. The predicted octanol–water partition coefficient (Wildman–Crippen LogP) is 2.35. The maximum absolute atomic E-state index is 13.1. The van der Waals surface area contributed by atoms with Crippen LogP contribution in [0, 0.1) is 10.1 Å². The lowest BCUT2D eigenvalue weighted by Crippen LogP contribution is -2.43. The fourth-order valence-electron chi connectivity index (χ4n) is 2.43. The SMILES string of the molecule is COC(=O)C(C)N(Cc1ccccc1)S(=O)(=O)c1ccccc1[N+](=O)[O-]. The van der Waals surface area contributed by atoms with Gasteiger partial charge < -0.3 is 4.74 Å². The molecule has 0 saturated heterocycles. The summed E-state index contributed by atoms with van der Waals surface area (Å²) in [7, 11) is -3.19. The molecule has 1 atom stereocenters. The number of nitrogens with zero attached hydrogens (tertiary/aromatic N) is 2. The summed E-state index contributed by atoms with van der Waals surface area (Å²) in [5.74, 6) is -0.761. The van der Waals surface area contributed by atoms with E-state index in [-0.39, 0.29) is 6.54 Å². The number of esters is 1. The molecule has 0 N–H and O–H groups in total. The van der Waals surface area contributed by atoms with E-state index in [1.807, 2.05) is 0 Å². The van der Waals surface area contributed by atoms with Gasteiger partial charge in [-0.05, 0) is 18.6 Å². The Balaban J connectivity index is 2.56. The zero-order valence-electron chi connectivity index (χ0n) is 14.2. The van der Waals surface area contributed by atoms with E-state index < -0.39 is 37.5 Å². The monoisotopic (exact) mass is 378 g/mol. The molecule has 0 amide bonds. The number of hydrogen-bond acceptors (Lipinski definition) is 6. The molecule has 2 rings (SSSR count). The number of hydrogen-bond donors (Lipinski definition) is 0. The number of carbonyl (C=O) groups is 1. The van der Waals surface area contributed by atoms with Crippen LogP contribution in [0.3, 0.4) is 0 Å². The molecule has 0 bridgehead atoms. The van der Waals surface area contributed by atoms with Crippen LogP contribution in [0.5, 0.6) is 0 Å². The molecule has 0 aliphatic heterocycles. The van der Waals surface area contributed by atoms with Gasteiger partial charge in [-0.25, -0.2) is 8.42 Å². The molecule has 2 aromatic carbocycles. The van der Waals surface area contributed by atoms with Crippen molar-refractivity contribution in [3.05, 3.63) is 70.3 Å². The van der Waals surface area contributed by atoms with Gasteiger partial charge in [-0.3, -0.25) is 14.9 Å². The highest BCUT2D eigenvalue weighted by Crippen LogP contribution is 2.28. The lowest BCUT2D eigenvalue weighted by molar-refractivity contribution is -0.387. The minimum absolute atomic E-state index is 0.133. The molecular formula is C17H18N2O6S. The van der Waals surface area contributed by atoms with Gasteiger partial charge in [-0.1, -0.05) is 42.5 Å². The minimum atomic E-state index is -4.34. The van der Waals surface area contributed by atoms with E-state index in [9.17, 15) is 23.3 Å². The van der Waals surface area contributed by atoms with E-state index in [0.717, 1.165) is 23.5 Å². The minimum Gasteiger partial charge on any atom is -0.468 e. The summed E-state index contributed by atoms with van der Waals surface area (Å²) in [5, 5.41) is 11.2. The van der Waals surface area contributed by atoms with E-state index >= 15 is 0 Å². The fraction of sp³-hybridized carbons (Fsp3) is 0.235. The van der Waals surface area contributed by atoms with Crippen molar-refractivity contribution in [1.29, 1.82) is 0 Å². The van der Waals surface area contributed by atoms with Crippen molar-refractivity contribution in [2.75, 3.05) is 7.11 Å². The third kappa shape index (κ3) is 4.06. The number of methoxy groups -OCH3 is 1. The Hall–Kier alpha value is -2.78. The first-order valence-electron chi connectivity index (χ1n) is 7.66. The Morgan fingerprint density at radius 2 is 1.73 bits per heavy atom. The van der Waals surface area contributed by atoms with Crippen LogP contribution in [-0.4, -0.2) is 36.8 Å². The number of rotatable bonds is 7. The van der Waals surface area contributed by atoms with E-state index in [1.165, 1.54) is 19.1 Å². The first-order chi connectivity index (χ1) is 12.3. The van der Waals surface area contributed by atoms with Gasteiger partial charge >= 0.3 is 5.97 Å². The van der Waals surface area contributed by atoms with Gasteiger partial charge in [0.1, 0.15) is 6.04 Å². The summed E-state index contributed by atoms with van der Waals surface area (Å²) in [6.07, 6.45) is 0. The van der Waals surface area contributed by atoms with Gasteiger partial charge in [-0.15, -0.1) is 0 Å². The summed E-state index contributed by atoms with van der Waals surface area (Å²) in [6, 6.07) is 12.5. The number of carbonyl (C=O) groups excluding carboxylic acids is 1. The first kappa shape index (κ1) is 19.5. The first-order valence-corrected chi connectivity index (χ1v) is 9.10. The molecule has 8 nitrogen and oxygen atoms in total. The molecule has 26 heavy (non-hydrogen) atoms. The second-order valence-electron chi connectivity index (χ2n) is 5.46. The zero-order chi connectivity index (χ0) is 19.3. The number of nitro benzene ring substituents is 1. The van der Waals surface area contributed by atoms with Crippen LogP contribution >= 0.6 is 0 Å². The summed E-state index contributed by atoms with van der Waals surface area (Å²) in [5.41, 5.74) is 0.0769. The number of para-hydroxylation sites is 1. The van der Waals surface area contributed by atoms with Gasteiger partial charge in [0.2, 0.25) is 0 Å². The largest absolute Gasteiger partial charge is 0.468 e. The molecule has 0 radical (unpaired) electrons. The second-order valence-corrected chi connectivity index (χ2v) is 7.32. The molecule has 1 unspecified atom stereocenters. The highest BCUT2D eigenvalue weighted by atomic mass is 32.2. The molecule has 0 aromatic heterocycles. The van der Waals surface area contributed by atoms with Crippen LogP contribution < -0.4 is 0 Å². The van der Waals surface area contributed by atoms with Crippen molar-refractivity contribution in [2.45, 2.75) is 24.4 Å². The molecule has 0 aliphatic rings. The highest BCUT2D eigenvalue weighted by Gasteiger charge is 2.37. The Morgan fingerprint density at radius 1 is 1.15 bits per heavy atom. The van der Waals surface area contributed by atoms with Gasteiger partial charge in [0.25, 0.3) is 15.7 Å². The molecule has 0 fully saturated rings. The molecule has 138 valence electrons. The molecule has 0 spiro atoms. The maximum atomic E-state index is 13.1. The quantitative estimate of drug-likeness (QED) is 0.416. The normalized spacial score (nSPS) is 12.6. The van der Waals surface area contributed by atoms with Gasteiger partial charge in [0, 0.05) is 12.6 Å². The van der Waals surface area contributed by atoms with Crippen molar-refractivity contribution >= 4 is 21.7 Å². The molecular weight excluding hydrogens is 360 g/mol. The van der Waals surface area contributed by atoms with Crippen LogP contribution in [0.15, 0.2) is 59.5 Å². The molecule has 0 aliphatic carbocycles. The van der Waals surface area contributed by atoms with Crippen molar-refractivity contribution < 1.29 is 22.9 Å². The molecule has 0 heterocycles. The Kier molecular flexibility index (Phi) is 6.06. The number of ether oxygens (including phenoxy) is 1. The summed E-state index contributed by atoms with van der Waals surface area (Å²) >= 11 is 0. The van der Waals surface area contributed by atoms with Crippen molar-refractivity contribution in [3.63, 3.8) is 0 Å². The number of sulfonamides is 1. The third-order valence-corrected chi connectivity index (χ3v) is 5.77. The van der Waals surface area contributed by atoms with E-state index in [1.54, 1.807) is 30.3 Å². The number of benzene rings is 2. The highest BCUT2D eigenvalue weighted by molar-refractivity contribution is 7.89. The standard InChI is InChI=1S/C17H18N2O6S/c1-13(17(20)25-2)18(12-14-8-4-3-5-9-14)26(23,24)16-11-7-6-10-15(16)19(21)22/h3-11,13H,12H2,1-2H3. The average Bonchev–Trinajstić information content (AvgIpc) is 2.65. The Morgan fingerprint density at radius 3 is 2.31 bits per heavy atom.